The van der Waals surface area contributed by atoms with E-state index in [2.05, 4.69) is 5.32 Å². The van der Waals surface area contributed by atoms with Gasteiger partial charge in [-0.3, -0.25) is 9.10 Å². The van der Waals surface area contributed by atoms with E-state index in [1.54, 1.807) is 30.3 Å². The predicted octanol–water partition coefficient (Wildman–Crippen LogP) is 4.10. The fourth-order valence-electron chi connectivity index (χ4n) is 3.69. The van der Waals surface area contributed by atoms with Gasteiger partial charge in [-0.15, -0.1) is 0 Å². The molecule has 29 heavy (non-hydrogen) atoms. The number of amides is 1. The molecule has 0 heterocycles. The lowest BCUT2D eigenvalue weighted by atomic mass is 9.89. The van der Waals surface area contributed by atoms with Crippen LogP contribution in [0.15, 0.2) is 48.5 Å². The minimum absolute atomic E-state index is 0.00398. The average molecular weight is 419 g/mol. The first-order valence-corrected chi connectivity index (χ1v) is 11.8. The van der Waals surface area contributed by atoms with Gasteiger partial charge in [0.05, 0.1) is 18.5 Å². The standard InChI is InChI=1S/C22H27FN2O3S/c1-29(27,28)25(21-10-6-5-9-20(21)23)16-18-11-13-19(14-12-18)22(26)24-15-17-7-3-2-4-8-17/h5-6,9-14,17H,2-4,7-8,15-16H2,1H3,(H,24,26). The fourth-order valence-corrected chi connectivity index (χ4v) is 4.58. The predicted molar refractivity (Wildman–Crippen MR) is 113 cm³/mol. The maximum absolute atomic E-state index is 14.1. The van der Waals surface area contributed by atoms with E-state index in [9.17, 15) is 17.6 Å². The van der Waals surface area contributed by atoms with E-state index in [1.165, 1.54) is 37.5 Å². The van der Waals surface area contributed by atoms with Crippen molar-refractivity contribution in [3.05, 3.63) is 65.5 Å². The Bertz CT molecular complexity index is 939. The third-order valence-corrected chi connectivity index (χ3v) is 6.47. The van der Waals surface area contributed by atoms with Crippen LogP contribution in [0.2, 0.25) is 0 Å². The van der Waals surface area contributed by atoms with Crippen LogP contribution in [-0.4, -0.2) is 27.1 Å². The normalized spacial score (nSPS) is 15.1. The third-order valence-electron chi connectivity index (χ3n) is 5.34. The molecule has 0 aromatic heterocycles. The number of carbonyl (C=O) groups excluding carboxylic acids is 1. The van der Waals surface area contributed by atoms with Gasteiger partial charge in [-0.05, 0) is 48.6 Å². The SMILES string of the molecule is CS(=O)(=O)N(Cc1ccc(C(=O)NCC2CCCCC2)cc1)c1ccccc1F. The highest BCUT2D eigenvalue weighted by atomic mass is 32.2. The van der Waals surface area contributed by atoms with E-state index in [-0.39, 0.29) is 18.1 Å². The lowest BCUT2D eigenvalue weighted by molar-refractivity contribution is 0.0943. The summed E-state index contributed by atoms with van der Waals surface area (Å²) in [7, 11) is -3.67. The van der Waals surface area contributed by atoms with Gasteiger partial charge in [0.25, 0.3) is 5.91 Å². The fraction of sp³-hybridized carbons (Fsp3) is 0.409. The van der Waals surface area contributed by atoms with Crippen LogP contribution in [0, 0.1) is 11.7 Å². The number of hydrogen-bond acceptors (Lipinski definition) is 3. The molecule has 1 aliphatic rings. The molecule has 0 aliphatic heterocycles. The quantitative estimate of drug-likeness (QED) is 0.736. The summed E-state index contributed by atoms with van der Waals surface area (Å²) in [5.41, 5.74) is 1.20. The highest BCUT2D eigenvalue weighted by Gasteiger charge is 2.21. The number of nitrogens with zero attached hydrogens (tertiary/aromatic N) is 1. The van der Waals surface area contributed by atoms with Crippen LogP contribution in [0.4, 0.5) is 10.1 Å². The smallest absolute Gasteiger partial charge is 0.251 e. The first kappa shape index (κ1) is 21.3. The minimum atomic E-state index is -3.67. The van der Waals surface area contributed by atoms with Crippen molar-refractivity contribution in [1.82, 2.24) is 5.32 Å². The number of halogens is 1. The van der Waals surface area contributed by atoms with Gasteiger partial charge in [0.1, 0.15) is 5.82 Å². The largest absolute Gasteiger partial charge is 0.352 e. The Hall–Kier alpha value is -2.41. The first-order chi connectivity index (χ1) is 13.8. The topological polar surface area (TPSA) is 66.5 Å². The lowest BCUT2D eigenvalue weighted by Gasteiger charge is -2.23. The van der Waals surface area contributed by atoms with Gasteiger partial charge in [0.2, 0.25) is 10.0 Å². The highest BCUT2D eigenvalue weighted by Crippen LogP contribution is 2.24. The summed E-state index contributed by atoms with van der Waals surface area (Å²) in [6.45, 7) is 0.680. The second-order valence-corrected chi connectivity index (χ2v) is 9.54. The van der Waals surface area contributed by atoms with Gasteiger partial charge in [-0.1, -0.05) is 43.5 Å². The molecule has 1 fully saturated rings. The second-order valence-electron chi connectivity index (χ2n) is 7.63. The molecule has 1 aliphatic carbocycles. The minimum Gasteiger partial charge on any atom is -0.352 e. The number of carbonyl (C=O) groups is 1. The zero-order chi connectivity index (χ0) is 20.9. The highest BCUT2D eigenvalue weighted by molar-refractivity contribution is 7.92. The van der Waals surface area contributed by atoms with Crippen molar-refractivity contribution in [2.24, 2.45) is 5.92 Å². The van der Waals surface area contributed by atoms with Gasteiger partial charge in [0, 0.05) is 12.1 Å². The van der Waals surface area contributed by atoms with Crippen molar-refractivity contribution in [3.8, 4) is 0 Å². The number of benzene rings is 2. The van der Waals surface area contributed by atoms with Crippen molar-refractivity contribution >= 4 is 21.6 Å². The Morgan fingerprint density at radius 2 is 1.72 bits per heavy atom. The first-order valence-electron chi connectivity index (χ1n) is 9.94. The molecule has 156 valence electrons. The summed E-state index contributed by atoms with van der Waals surface area (Å²) in [4.78, 5) is 12.4. The number of sulfonamides is 1. The van der Waals surface area contributed by atoms with Crippen molar-refractivity contribution in [1.29, 1.82) is 0 Å². The average Bonchev–Trinajstić information content (AvgIpc) is 2.71. The van der Waals surface area contributed by atoms with Crippen molar-refractivity contribution < 1.29 is 17.6 Å². The summed E-state index contributed by atoms with van der Waals surface area (Å²) < 4.78 is 39.5. The van der Waals surface area contributed by atoms with E-state index < -0.39 is 15.8 Å². The molecule has 0 atom stereocenters. The number of rotatable bonds is 7. The van der Waals surface area contributed by atoms with Crippen molar-refractivity contribution in [2.75, 3.05) is 17.1 Å². The molecule has 0 radical (unpaired) electrons. The maximum atomic E-state index is 14.1. The zero-order valence-electron chi connectivity index (χ0n) is 16.6. The maximum Gasteiger partial charge on any atom is 0.251 e. The van der Waals surface area contributed by atoms with Crippen LogP contribution in [0.25, 0.3) is 0 Å². The number of anilines is 1. The second kappa shape index (κ2) is 9.39. The van der Waals surface area contributed by atoms with Crippen molar-refractivity contribution in [3.63, 3.8) is 0 Å². The summed E-state index contributed by atoms with van der Waals surface area (Å²) in [6, 6.07) is 12.5. The molecule has 0 bridgehead atoms. The molecule has 5 nitrogen and oxygen atoms in total. The molecule has 1 amide bonds. The van der Waals surface area contributed by atoms with E-state index in [4.69, 9.17) is 0 Å². The molecular formula is C22H27FN2O3S. The van der Waals surface area contributed by atoms with Gasteiger partial charge in [-0.2, -0.15) is 0 Å². The Morgan fingerprint density at radius 1 is 1.07 bits per heavy atom. The Kier molecular flexibility index (Phi) is 6.90. The Labute approximate surface area is 172 Å². The number of nitrogens with one attached hydrogen (secondary N) is 1. The van der Waals surface area contributed by atoms with E-state index >= 15 is 0 Å². The molecule has 7 heteroatoms. The summed E-state index contributed by atoms with van der Waals surface area (Å²) in [5.74, 6) is -0.177. The van der Waals surface area contributed by atoms with Gasteiger partial charge in [-0.25, -0.2) is 12.8 Å². The Balaban J connectivity index is 1.67. The molecule has 1 saturated carbocycles. The zero-order valence-corrected chi connectivity index (χ0v) is 17.4. The molecule has 3 rings (SSSR count). The van der Waals surface area contributed by atoms with E-state index in [0.717, 1.165) is 23.4 Å². The molecule has 1 N–H and O–H groups in total. The summed E-state index contributed by atoms with van der Waals surface area (Å²) >= 11 is 0. The van der Waals surface area contributed by atoms with Crippen LogP contribution in [-0.2, 0) is 16.6 Å². The number of para-hydroxylation sites is 1. The molecule has 0 unspecified atom stereocenters. The molecule has 2 aromatic rings. The van der Waals surface area contributed by atoms with E-state index in [0.29, 0.717) is 23.6 Å². The Morgan fingerprint density at radius 3 is 2.34 bits per heavy atom. The summed E-state index contributed by atoms with van der Waals surface area (Å²) in [6.07, 6.45) is 7.12. The van der Waals surface area contributed by atoms with Crippen LogP contribution in [0.5, 0.6) is 0 Å². The van der Waals surface area contributed by atoms with Crippen LogP contribution in [0.3, 0.4) is 0 Å². The monoisotopic (exact) mass is 418 g/mol. The lowest BCUT2D eigenvalue weighted by Crippen LogP contribution is -2.31. The molecule has 0 spiro atoms. The molecule has 0 saturated heterocycles. The third kappa shape index (κ3) is 5.79. The van der Waals surface area contributed by atoms with Crippen LogP contribution < -0.4 is 9.62 Å². The number of hydrogen-bond donors (Lipinski definition) is 1. The van der Waals surface area contributed by atoms with Gasteiger partial charge >= 0.3 is 0 Å². The van der Waals surface area contributed by atoms with Gasteiger partial charge in [0.15, 0.2) is 0 Å². The van der Waals surface area contributed by atoms with E-state index in [1.807, 2.05) is 0 Å². The summed E-state index contributed by atoms with van der Waals surface area (Å²) in [5, 5.41) is 2.99. The van der Waals surface area contributed by atoms with Crippen molar-refractivity contribution in [2.45, 2.75) is 38.6 Å². The van der Waals surface area contributed by atoms with Crippen LogP contribution >= 0.6 is 0 Å². The molecular weight excluding hydrogens is 391 g/mol. The van der Waals surface area contributed by atoms with Gasteiger partial charge < -0.3 is 5.32 Å². The molecule has 2 aromatic carbocycles. The van der Waals surface area contributed by atoms with Crippen LogP contribution in [0.1, 0.15) is 48.0 Å².